The van der Waals surface area contributed by atoms with Crippen molar-refractivity contribution in [2.24, 2.45) is 0 Å². The average Bonchev–Trinajstić information content (AvgIpc) is 3.04. The summed E-state index contributed by atoms with van der Waals surface area (Å²) in [6.45, 7) is 2.43. The molecule has 0 fully saturated rings. The van der Waals surface area contributed by atoms with Crippen LogP contribution in [0.1, 0.15) is 16.7 Å². The van der Waals surface area contributed by atoms with Gasteiger partial charge in [-0.15, -0.1) is 0 Å². The van der Waals surface area contributed by atoms with E-state index in [-0.39, 0.29) is 5.82 Å². The second kappa shape index (κ2) is 8.59. The standard InChI is InChI=1S/C24H22ClFN2/c25-21-5-3-4-19(14-21)16-28-17-20(23-6-1-2-7-24(23)28)15-27-13-12-18-8-10-22(26)11-9-18/h1-11,14,17,27H,12-13,15-16H2. The van der Waals surface area contributed by atoms with Crippen molar-refractivity contribution in [1.29, 1.82) is 0 Å². The van der Waals surface area contributed by atoms with E-state index in [1.165, 1.54) is 34.2 Å². The third-order valence-electron chi connectivity index (χ3n) is 4.93. The molecule has 0 bridgehead atoms. The number of rotatable bonds is 7. The molecule has 0 unspecified atom stereocenters. The van der Waals surface area contributed by atoms with E-state index in [9.17, 15) is 4.39 Å². The van der Waals surface area contributed by atoms with E-state index in [4.69, 9.17) is 11.6 Å². The Morgan fingerprint density at radius 3 is 2.54 bits per heavy atom. The highest BCUT2D eigenvalue weighted by molar-refractivity contribution is 6.30. The normalized spacial score (nSPS) is 11.2. The van der Waals surface area contributed by atoms with Gasteiger partial charge in [-0.05, 0) is 60.0 Å². The van der Waals surface area contributed by atoms with Crippen LogP contribution in [0, 0.1) is 5.82 Å². The number of nitrogens with one attached hydrogen (secondary N) is 1. The zero-order valence-corrected chi connectivity index (χ0v) is 16.3. The van der Waals surface area contributed by atoms with Crippen LogP contribution in [-0.4, -0.2) is 11.1 Å². The minimum Gasteiger partial charge on any atom is -0.343 e. The van der Waals surface area contributed by atoms with Crippen molar-refractivity contribution in [1.82, 2.24) is 9.88 Å². The number of halogens is 2. The van der Waals surface area contributed by atoms with Crippen molar-refractivity contribution in [3.63, 3.8) is 0 Å². The highest BCUT2D eigenvalue weighted by Crippen LogP contribution is 2.23. The Kier molecular flexibility index (Phi) is 5.75. The van der Waals surface area contributed by atoms with Crippen LogP contribution in [0.3, 0.4) is 0 Å². The van der Waals surface area contributed by atoms with E-state index in [2.05, 4.69) is 46.4 Å². The second-order valence-electron chi connectivity index (χ2n) is 6.98. The molecule has 1 heterocycles. The summed E-state index contributed by atoms with van der Waals surface area (Å²) in [5, 5.41) is 5.54. The third kappa shape index (κ3) is 4.44. The van der Waals surface area contributed by atoms with E-state index in [0.29, 0.717) is 0 Å². The second-order valence-corrected chi connectivity index (χ2v) is 7.42. The largest absolute Gasteiger partial charge is 0.343 e. The van der Waals surface area contributed by atoms with Crippen molar-refractivity contribution in [2.45, 2.75) is 19.5 Å². The maximum atomic E-state index is 13.0. The molecule has 1 N–H and O–H groups in total. The van der Waals surface area contributed by atoms with Gasteiger partial charge in [0.15, 0.2) is 0 Å². The number of benzene rings is 3. The van der Waals surface area contributed by atoms with Crippen LogP contribution in [-0.2, 0) is 19.5 Å². The topological polar surface area (TPSA) is 17.0 Å². The number of para-hydroxylation sites is 1. The summed E-state index contributed by atoms with van der Waals surface area (Å²) in [7, 11) is 0. The van der Waals surface area contributed by atoms with E-state index in [0.717, 1.165) is 36.6 Å². The molecular formula is C24H22ClFN2. The molecule has 4 rings (SSSR count). The van der Waals surface area contributed by atoms with E-state index in [1.54, 1.807) is 0 Å². The highest BCUT2D eigenvalue weighted by atomic mass is 35.5. The predicted octanol–water partition coefficient (Wildman–Crippen LogP) is 5.81. The Bertz CT molecular complexity index is 1070. The summed E-state index contributed by atoms with van der Waals surface area (Å²) < 4.78 is 15.3. The summed E-state index contributed by atoms with van der Waals surface area (Å²) in [5.74, 6) is -0.191. The Labute approximate surface area is 169 Å². The van der Waals surface area contributed by atoms with Gasteiger partial charge in [0.2, 0.25) is 0 Å². The van der Waals surface area contributed by atoms with Crippen LogP contribution in [0.25, 0.3) is 10.9 Å². The Hall–Kier alpha value is -2.62. The summed E-state index contributed by atoms with van der Waals surface area (Å²) in [6.07, 6.45) is 3.10. The third-order valence-corrected chi connectivity index (χ3v) is 5.17. The van der Waals surface area contributed by atoms with Gasteiger partial charge >= 0.3 is 0 Å². The van der Waals surface area contributed by atoms with Crippen LogP contribution in [0.4, 0.5) is 4.39 Å². The Morgan fingerprint density at radius 1 is 0.893 bits per heavy atom. The van der Waals surface area contributed by atoms with Gasteiger partial charge in [0, 0.05) is 35.2 Å². The molecule has 0 amide bonds. The summed E-state index contributed by atoms with van der Waals surface area (Å²) >= 11 is 6.14. The van der Waals surface area contributed by atoms with E-state index in [1.807, 2.05) is 30.3 Å². The SMILES string of the molecule is Fc1ccc(CCNCc2cn(Cc3cccc(Cl)c3)c3ccccc23)cc1. The van der Waals surface area contributed by atoms with E-state index >= 15 is 0 Å². The van der Waals surface area contributed by atoms with Crippen LogP contribution >= 0.6 is 11.6 Å². The molecule has 0 aliphatic rings. The zero-order valence-electron chi connectivity index (χ0n) is 15.5. The van der Waals surface area contributed by atoms with Crippen molar-refractivity contribution in [3.8, 4) is 0 Å². The number of hydrogen-bond acceptors (Lipinski definition) is 1. The minimum absolute atomic E-state index is 0.191. The van der Waals surface area contributed by atoms with Crippen LogP contribution in [0.5, 0.6) is 0 Å². The zero-order chi connectivity index (χ0) is 19.3. The maximum Gasteiger partial charge on any atom is 0.123 e. The predicted molar refractivity (Wildman–Crippen MR) is 114 cm³/mol. The van der Waals surface area contributed by atoms with Crippen molar-refractivity contribution in [2.75, 3.05) is 6.54 Å². The Balaban J connectivity index is 1.45. The van der Waals surface area contributed by atoms with E-state index < -0.39 is 0 Å². The lowest BCUT2D eigenvalue weighted by molar-refractivity contribution is 0.626. The van der Waals surface area contributed by atoms with Crippen LogP contribution in [0.2, 0.25) is 5.02 Å². The lowest BCUT2D eigenvalue weighted by Crippen LogP contribution is -2.16. The molecule has 0 saturated carbocycles. The first kappa shape index (κ1) is 18.7. The molecule has 4 heteroatoms. The van der Waals surface area contributed by atoms with Gasteiger partial charge in [-0.25, -0.2) is 4.39 Å². The number of fused-ring (bicyclic) bond motifs is 1. The van der Waals surface area contributed by atoms with Crippen LogP contribution in [0.15, 0.2) is 79.0 Å². The first-order valence-corrected chi connectivity index (χ1v) is 9.83. The van der Waals surface area contributed by atoms with Gasteiger partial charge in [0.1, 0.15) is 5.82 Å². The molecule has 28 heavy (non-hydrogen) atoms. The number of nitrogens with zero attached hydrogens (tertiary/aromatic N) is 1. The van der Waals surface area contributed by atoms with Gasteiger partial charge < -0.3 is 9.88 Å². The van der Waals surface area contributed by atoms with Gasteiger partial charge in [-0.3, -0.25) is 0 Å². The molecule has 1 aromatic heterocycles. The van der Waals surface area contributed by atoms with Gasteiger partial charge in [0.25, 0.3) is 0 Å². The first-order valence-electron chi connectivity index (χ1n) is 9.45. The van der Waals surface area contributed by atoms with Crippen molar-refractivity contribution < 1.29 is 4.39 Å². The van der Waals surface area contributed by atoms with Crippen molar-refractivity contribution >= 4 is 22.5 Å². The van der Waals surface area contributed by atoms with Gasteiger partial charge in [-0.1, -0.05) is 54.1 Å². The molecule has 0 radical (unpaired) electrons. The molecule has 4 aromatic rings. The van der Waals surface area contributed by atoms with Gasteiger partial charge in [0.05, 0.1) is 0 Å². The summed E-state index contributed by atoms with van der Waals surface area (Å²) in [5.41, 5.74) is 4.82. The monoisotopic (exact) mass is 392 g/mol. The van der Waals surface area contributed by atoms with Crippen LogP contribution < -0.4 is 5.32 Å². The number of hydrogen-bond donors (Lipinski definition) is 1. The first-order chi connectivity index (χ1) is 13.7. The molecule has 0 saturated heterocycles. The minimum atomic E-state index is -0.191. The molecule has 2 nitrogen and oxygen atoms in total. The molecule has 3 aromatic carbocycles. The molecule has 0 aliphatic heterocycles. The molecule has 0 atom stereocenters. The average molecular weight is 393 g/mol. The quantitative estimate of drug-likeness (QED) is 0.392. The van der Waals surface area contributed by atoms with Gasteiger partial charge in [-0.2, -0.15) is 0 Å². The number of aromatic nitrogens is 1. The molecule has 0 spiro atoms. The molecule has 0 aliphatic carbocycles. The molecular weight excluding hydrogens is 371 g/mol. The smallest absolute Gasteiger partial charge is 0.123 e. The maximum absolute atomic E-state index is 13.0. The summed E-state index contributed by atoms with van der Waals surface area (Å²) in [4.78, 5) is 0. The summed E-state index contributed by atoms with van der Waals surface area (Å²) in [6, 6.07) is 23.2. The van der Waals surface area contributed by atoms with Crippen molar-refractivity contribution in [3.05, 3.63) is 107 Å². The highest BCUT2D eigenvalue weighted by Gasteiger charge is 2.08. The molecule has 142 valence electrons. The Morgan fingerprint density at radius 2 is 1.71 bits per heavy atom. The lowest BCUT2D eigenvalue weighted by atomic mass is 10.1. The fraction of sp³-hybridized carbons (Fsp3) is 0.167. The fourth-order valence-electron chi connectivity index (χ4n) is 3.53. The fourth-order valence-corrected chi connectivity index (χ4v) is 3.75. The lowest BCUT2D eigenvalue weighted by Gasteiger charge is -2.06.